The fraction of sp³-hybridized carbons (Fsp3) is 0.400. The van der Waals surface area contributed by atoms with Crippen LogP contribution in [0.2, 0.25) is 0 Å². The minimum atomic E-state index is -5.05. The molecule has 0 saturated carbocycles. The molecule has 1 aliphatic rings. The molecular weight excluding hydrogens is 564 g/mol. The molecule has 4 rings (SSSR count). The van der Waals surface area contributed by atoms with Gasteiger partial charge in [0, 0.05) is 32.0 Å². The van der Waals surface area contributed by atoms with Gasteiger partial charge in [-0.2, -0.15) is 26.3 Å². The van der Waals surface area contributed by atoms with Crippen molar-refractivity contribution in [2.24, 2.45) is 0 Å². The Hall–Kier alpha value is -3.64. The molecule has 1 saturated heterocycles. The second-order valence-corrected chi connectivity index (χ2v) is 10.8. The maximum Gasteiger partial charge on any atom is 0.416 e. The average Bonchev–Trinajstić information content (AvgIpc) is 2.95. The molecule has 1 fully saturated rings. The van der Waals surface area contributed by atoms with Gasteiger partial charge in [0.2, 0.25) is 5.91 Å². The van der Waals surface area contributed by atoms with Crippen LogP contribution in [0.5, 0.6) is 0 Å². The predicted molar refractivity (Wildman–Crippen MR) is 146 cm³/mol. The second kappa shape index (κ2) is 11.6. The molecule has 0 aliphatic carbocycles. The average molecular weight is 596 g/mol. The number of aliphatic hydroxyl groups is 1. The van der Waals surface area contributed by atoms with E-state index in [2.05, 4.69) is 4.98 Å². The topological polar surface area (TPSA) is 65.9 Å². The highest BCUT2D eigenvalue weighted by Gasteiger charge is 2.40. The van der Waals surface area contributed by atoms with Crippen molar-refractivity contribution >= 4 is 17.4 Å². The minimum Gasteiger partial charge on any atom is -0.394 e. The number of pyridine rings is 1. The van der Waals surface area contributed by atoms with Crippen LogP contribution in [0.15, 0.2) is 54.7 Å². The quantitative estimate of drug-likeness (QED) is 0.342. The van der Waals surface area contributed by atoms with E-state index in [0.29, 0.717) is 48.8 Å². The van der Waals surface area contributed by atoms with Gasteiger partial charge in [-0.3, -0.25) is 4.79 Å². The molecule has 0 spiro atoms. The second-order valence-electron chi connectivity index (χ2n) is 10.8. The predicted octanol–water partition coefficient (Wildman–Crippen LogP) is 6.23. The number of rotatable bonds is 6. The molecule has 1 aliphatic heterocycles. The molecule has 226 valence electrons. The first-order valence-corrected chi connectivity index (χ1v) is 13.2. The van der Waals surface area contributed by atoms with Gasteiger partial charge in [0.15, 0.2) is 0 Å². The zero-order valence-electron chi connectivity index (χ0n) is 23.5. The summed E-state index contributed by atoms with van der Waals surface area (Å²) in [5.41, 5.74) is -2.25. The molecule has 2 aromatic carbocycles. The van der Waals surface area contributed by atoms with E-state index >= 15 is 0 Å². The van der Waals surface area contributed by atoms with Crippen LogP contribution in [0.4, 0.5) is 37.8 Å². The molecule has 1 atom stereocenters. The number of benzene rings is 2. The number of hydrogen-bond donors (Lipinski definition) is 1. The van der Waals surface area contributed by atoms with Gasteiger partial charge in [-0.15, -0.1) is 0 Å². The Morgan fingerprint density at radius 1 is 1.02 bits per heavy atom. The molecule has 3 aromatic rings. The fourth-order valence-electron chi connectivity index (χ4n) is 5.04. The van der Waals surface area contributed by atoms with Crippen molar-refractivity contribution < 1.29 is 41.0 Å². The normalized spacial score (nSPS) is 16.5. The third kappa shape index (κ3) is 6.39. The van der Waals surface area contributed by atoms with Gasteiger partial charge in [0.25, 0.3) is 0 Å². The largest absolute Gasteiger partial charge is 0.416 e. The van der Waals surface area contributed by atoms with Crippen LogP contribution in [0.1, 0.15) is 36.1 Å². The van der Waals surface area contributed by atoms with Gasteiger partial charge in [0.05, 0.1) is 35.9 Å². The third-order valence-corrected chi connectivity index (χ3v) is 7.46. The van der Waals surface area contributed by atoms with E-state index in [4.69, 9.17) is 4.74 Å². The van der Waals surface area contributed by atoms with E-state index in [1.165, 1.54) is 6.20 Å². The summed E-state index contributed by atoms with van der Waals surface area (Å²) in [5, 5.41) is 9.57. The number of likely N-dealkylation sites (N-methyl/N-ethyl adjacent to an activating group) is 1. The lowest BCUT2D eigenvalue weighted by molar-refractivity contribution is -0.143. The summed E-state index contributed by atoms with van der Waals surface area (Å²) in [7, 11) is 1.15. The maximum absolute atomic E-state index is 13.9. The van der Waals surface area contributed by atoms with Crippen LogP contribution in [0.3, 0.4) is 0 Å². The number of amides is 1. The molecule has 12 heteroatoms. The fourth-order valence-corrected chi connectivity index (χ4v) is 5.04. The van der Waals surface area contributed by atoms with Gasteiger partial charge < -0.3 is 19.6 Å². The number of hydrogen-bond acceptors (Lipinski definition) is 5. The SMILES string of the molecule is Cc1ccccc1-c1cc(N2CCOC(CO)C2)ncc1C(C)(C)C(=O)N(C)c1cc(C(F)(F)F)cc(C(F)(F)F)c1. The van der Waals surface area contributed by atoms with Crippen LogP contribution in [-0.4, -0.2) is 55.5 Å². The maximum atomic E-state index is 13.9. The number of carbonyl (C=O) groups excluding carboxylic acids is 1. The summed E-state index contributed by atoms with van der Waals surface area (Å²) in [5.74, 6) is -0.158. The van der Waals surface area contributed by atoms with Gasteiger partial charge >= 0.3 is 12.4 Å². The summed E-state index contributed by atoms with van der Waals surface area (Å²) in [4.78, 5) is 21.2. The van der Waals surface area contributed by atoms with E-state index in [9.17, 15) is 36.2 Å². The molecule has 0 radical (unpaired) electrons. The number of aromatic nitrogens is 1. The third-order valence-electron chi connectivity index (χ3n) is 7.46. The molecule has 0 bridgehead atoms. The standard InChI is InChI=1S/C30H31F6N3O3/c1-18-7-5-6-8-23(18)24-14-26(39-9-10-42-22(16-39)17-40)37-15-25(24)28(2,3)27(41)38(4)21-12-19(29(31,32)33)11-20(13-21)30(34,35)36/h5-8,11-15,22,40H,9-10,16-17H2,1-4H3. The van der Waals surface area contributed by atoms with Crippen LogP contribution in [0.25, 0.3) is 11.1 Å². The lowest BCUT2D eigenvalue weighted by Crippen LogP contribution is -2.45. The van der Waals surface area contributed by atoms with Crippen molar-refractivity contribution in [3.8, 4) is 11.1 Å². The Morgan fingerprint density at radius 3 is 2.21 bits per heavy atom. The molecule has 42 heavy (non-hydrogen) atoms. The number of aliphatic hydroxyl groups excluding tert-OH is 1. The molecule has 1 amide bonds. The summed E-state index contributed by atoms with van der Waals surface area (Å²) in [6.07, 6.45) is -8.99. The zero-order chi connectivity index (χ0) is 31.0. The van der Waals surface area contributed by atoms with Crippen LogP contribution in [0, 0.1) is 6.92 Å². The van der Waals surface area contributed by atoms with Crippen molar-refractivity contribution in [2.75, 3.05) is 43.2 Å². The monoisotopic (exact) mass is 595 g/mol. The summed E-state index contributed by atoms with van der Waals surface area (Å²) in [6.45, 7) is 6.10. The van der Waals surface area contributed by atoms with Crippen molar-refractivity contribution in [2.45, 2.75) is 44.6 Å². The van der Waals surface area contributed by atoms with Crippen LogP contribution >= 0.6 is 0 Å². The van der Waals surface area contributed by atoms with Crippen LogP contribution < -0.4 is 9.80 Å². The Kier molecular flexibility index (Phi) is 8.62. The summed E-state index contributed by atoms with van der Waals surface area (Å²) < 4.78 is 86.6. The Labute approximate surface area is 239 Å². The Bertz CT molecular complexity index is 1420. The highest BCUT2D eigenvalue weighted by atomic mass is 19.4. The lowest BCUT2D eigenvalue weighted by Gasteiger charge is -2.35. The summed E-state index contributed by atoms with van der Waals surface area (Å²) >= 11 is 0. The van der Waals surface area contributed by atoms with E-state index < -0.39 is 46.6 Å². The smallest absolute Gasteiger partial charge is 0.394 e. The number of anilines is 2. The van der Waals surface area contributed by atoms with Gasteiger partial charge in [-0.1, -0.05) is 24.3 Å². The van der Waals surface area contributed by atoms with Crippen molar-refractivity contribution in [1.82, 2.24) is 4.98 Å². The number of carbonyl (C=O) groups is 1. The van der Waals surface area contributed by atoms with Gasteiger partial charge in [-0.25, -0.2) is 4.98 Å². The highest BCUT2D eigenvalue weighted by Crippen LogP contribution is 2.41. The first-order valence-electron chi connectivity index (χ1n) is 13.2. The number of aryl methyl sites for hydroxylation is 1. The van der Waals surface area contributed by atoms with E-state index in [0.717, 1.165) is 23.1 Å². The van der Waals surface area contributed by atoms with E-state index in [1.54, 1.807) is 19.9 Å². The summed E-state index contributed by atoms with van der Waals surface area (Å²) in [6, 6.07) is 10.3. The number of ether oxygens (including phenoxy) is 1. The number of alkyl halides is 6. The Morgan fingerprint density at radius 2 is 1.64 bits per heavy atom. The Balaban J connectivity index is 1.80. The molecule has 1 aromatic heterocycles. The molecule has 1 N–H and O–H groups in total. The number of halogens is 6. The van der Waals surface area contributed by atoms with Gasteiger partial charge in [-0.05, 0) is 67.3 Å². The number of morpholine rings is 1. The first-order chi connectivity index (χ1) is 19.5. The zero-order valence-corrected chi connectivity index (χ0v) is 23.5. The molecule has 6 nitrogen and oxygen atoms in total. The van der Waals surface area contributed by atoms with Gasteiger partial charge in [0.1, 0.15) is 5.82 Å². The van der Waals surface area contributed by atoms with E-state index in [1.807, 2.05) is 36.1 Å². The van der Waals surface area contributed by atoms with Crippen LogP contribution in [-0.2, 0) is 27.3 Å². The molecule has 2 heterocycles. The number of nitrogens with zero attached hydrogens (tertiary/aromatic N) is 3. The lowest BCUT2D eigenvalue weighted by atomic mass is 9.79. The van der Waals surface area contributed by atoms with Crippen molar-refractivity contribution in [1.29, 1.82) is 0 Å². The van der Waals surface area contributed by atoms with E-state index in [-0.39, 0.29) is 12.7 Å². The molecular formula is C30H31F6N3O3. The first kappa shape index (κ1) is 31.3. The highest BCUT2D eigenvalue weighted by molar-refractivity contribution is 6.01. The van der Waals surface area contributed by atoms with Crippen molar-refractivity contribution in [3.63, 3.8) is 0 Å². The molecule has 1 unspecified atom stereocenters. The van der Waals surface area contributed by atoms with Crippen molar-refractivity contribution in [3.05, 3.63) is 77.0 Å². The minimum absolute atomic E-state index is 0.0267.